The Morgan fingerprint density at radius 3 is 1.92 bits per heavy atom. The normalized spacial score (nSPS) is 10.9. The molecule has 0 aliphatic carbocycles. The molecular weight excluding hydrogens is 288 g/mol. The van der Waals surface area contributed by atoms with Crippen molar-refractivity contribution in [2.45, 2.75) is 41.0 Å². The van der Waals surface area contributed by atoms with Gasteiger partial charge in [-0.05, 0) is 90.3 Å². The van der Waals surface area contributed by atoms with E-state index in [2.05, 4.69) is 89.2 Å². The molecule has 0 saturated heterocycles. The van der Waals surface area contributed by atoms with Gasteiger partial charge in [-0.25, -0.2) is 0 Å². The zero-order valence-electron chi connectivity index (χ0n) is 15.4. The van der Waals surface area contributed by atoms with Crippen molar-refractivity contribution >= 4 is 0 Å². The van der Waals surface area contributed by atoms with Crippen LogP contribution in [-0.4, -0.2) is 0 Å². The molecule has 0 unspecified atom stereocenters. The molecule has 3 aromatic carbocycles. The maximum atomic E-state index is 2.39. The Labute approximate surface area is 146 Å². The Morgan fingerprint density at radius 2 is 1.21 bits per heavy atom. The predicted molar refractivity (Wildman–Crippen MR) is 106 cm³/mol. The van der Waals surface area contributed by atoms with Crippen LogP contribution in [0, 0.1) is 27.7 Å². The van der Waals surface area contributed by atoms with E-state index in [0.29, 0.717) is 0 Å². The molecule has 0 heteroatoms. The van der Waals surface area contributed by atoms with Crippen molar-refractivity contribution in [2.24, 2.45) is 0 Å². The van der Waals surface area contributed by atoms with Crippen LogP contribution in [0.3, 0.4) is 0 Å². The Morgan fingerprint density at radius 1 is 0.583 bits per heavy atom. The molecule has 0 aliphatic rings. The van der Waals surface area contributed by atoms with Crippen LogP contribution in [0.1, 0.15) is 34.7 Å². The third-order valence-corrected chi connectivity index (χ3v) is 5.15. The van der Waals surface area contributed by atoms with E-state index >= 15 is 0 Å². The summed E-state index contributed by atoms with van der Waals surface area (Å²) in [7, 11) is 0. The van der Waals surface area contributed by atoms with E-state index in [4.69, 9.17) is 0 Å². The fourth-order valence-electron chi connectivity index (χ4n) is 3.57. The lowest BCUT2D eigenvalue weighted by atomic mass is 9.87. The van der Waals surface area contributed by atoms with E-state index in [1.54, 1.807) is 0 Å². The average molecular weight is 314 g/mol. The zero-order chi connectivity index (χ0) is 17.3. The maximum absolute atomic E-state index is 2.39. The first-order valence-corrected chi connectivity index (χ1v) is 8.79. The van der Waals surface area contributed by atoms with E-state index in [0.717, 1.165) is 6.42 Å². The van der Waals surface area contributed by atoms with Crippen molar-refractivity contribution in [1.82, 2.24) is 0 Å². The van der Waals surface area contributed by atoms with Crippen LogP contribution >= 0.6 is 0 Å². The van der Waals surface area contributed by atoms with Crippen molar-refractivity contribution in [3.8, 4) is 22.3 Å². The lowest BCUT2D eigenvalue weighted by Gasteiger charge is -2.17. The van der Waals surface area contributed by atoms with Gasteiger partial charge < -0.3 is 0 Å². The molecule has 0 nitrogen and oxygen atoms in total. The maximum Gasteiger partial charge on any atom is -0.0146 e. The monoisotopic (exact) mass is 314 g/mol. The molecule has 0 radical (unpaired) electrons. The van der Waals surface area contributed by atoms with Crippen LogP contribution in [0.25, 0.3) is 22.3 Å². The molecule has 0 amide bonds. The fourth-order valence-corrected chi connectivity index (χ4v) is 3.57. The van der Waals surface area contributed by atoms with Crippen LogP contribution in [0.4, 0.5) is 0 Å². The molecule has 0 aliphatic heterocycles. The second-order valence-electron chi connectivity index (χ2n) is 6.74. The summed E-state index contributed by atoms with van der Waals surface area (Å²) in [5, 5.41) is 0. The van der Waals surface area contributed by atoms with Crippen molar-refractivity contribution < 1.29 is 0 Å². The molecular formula is C24H26. The van der Waals surface area contributed by atoms with E-state index in [1.165, 1.54) is 50.1 Å². The van der Waals surface area contributed by atoms with E-state index < -0.39 is 0 Å². The second kappa shape index (κ2) is 6.65. The second-order valence-corrected chi connectivity index (χ2v) is 6.74. The first-order valence-electron chi connectivity index (χ1n) is 8.79. The fraction of sp³-hybridized carbons (Fsp3) is 0.250. The molecule has 0 N–H and O–H groups in total. The summed E-state index contributed by atoms with van der Waals surface area (Å²) < 4.78 is 0. The van der Waals surface area contributed by atoms with Gasteiger partial charge in [0.2, 0.25) is 0 Å². The minimum Gasteiger partial charge on any atom is -0.0620 e. The first kappa shape index (κ1) is 16.5. The SMILES string of the molecule is CCc1ccccc1-c1cc(-c2cccc(C)c2C)c(C)cc1C. The van der Waals surface area contributed by atoms with Crippen LogP contribution in [0.2, 0.25) is 0 Å². The highest BCUT2D eigenvalue weighted by Gasteiger charge is 2.12. The van der Waals surface area contributed by atoms with E-state index in [1.807, 2.05) is 0 Å². The number of hydrogen-bond acceptors (Lipinski definition) is 0. The van der Waals surface area contributed by atoms with Gasteiger partial charge in [-0.15, -0.1) is 0 Å². The highest BCUT2D eigenvalue weighted by molar-refractivity contribution is 5.80. The zero-order valence-corrected chi connectivity index (χ0v) is 15.4. The molecule has 122 valence electrons. The van der Waals surface area contributed by atoms with Gasteiger partial charge in [0.1, 0.15) is 0 Å². The van der Waals surface area contributed by atoms with Crippen molar-refractivity contribution in [1.29, 1.82) is 0 Å². The van der Waals surface area contributed by atoms with Crippen LogP contribution in [0.15, 0.2) is 54.6 Å². The van der Waals surface area contributed by atoms with Crippen molar-refractivity contribution in [3.05, 3.63) is 82.4 Å². The lowest BCUT2D eigenvalue weighted by molar-refractivity contribution is 1.14. The Kier molecular flexibility index (Phi) is 4.57. The molecule has 24 heavy (non-hydrogen) atoms. The highest BCUT2D eigenvalue weighted by atomic mass is 14.2. The summed E-state index contributed by atoms with van der Waals surface area (Å²) in [6.07, 6.45) is 1.06. The molecule has 0 saturated carbocycles. The minimum atomic E-state index is 1.06. The van der Waals surface area contributed by atoms with Crippen LogP contribution < -0.4 is 0 Å². The molecule has 0 aromatic heterocycles. The van der Waals surface area contributed by atoms with Crippen LogP contribution in [0.5, 0.6) is 0 Å². The molecule has 0 heterocycles. The van der Waals surface area contributed by atoms with E-state index in [9.17, 15) is 0 Å². The summed E-state index contributed by atoms with van der Waals surface area (Å²) >= 11 is 0. The third kappa shape index (κ3) is 2.89. The van der Waals surface area contributed by atoms with Crippen molar-refractivity contribution in [2.75, 3.05) is 0 Å². The van der Waals surface area contributed by atoms with Gasteiger partial charge in [-0.1, -0.05) is 55.5 Å². The summed E-state index contributed by atoms with van der Waals surface area (Å²) in [5.41, 5.74) is 12.3. The lowest BCUT2D eigenvalue weighted by Crippen LogP contribution is -1.95. The molecule has 0 bridgehead atoms. The first-order chi connectivity index (χ1) is 11.5. The predicted octanol–water partition coefficient (Wildman–Crippen LogP) is 6.82. The number of hydrogen-bond donors (Lipinski definition) is 0. The Bertz CT molecular complexity index is 885. The average Bonchev–Trinajstić information content (AvgIpc) is 2.58. The van der Waals surface area contributed by atoms with Gasteiger partial charge >= 0.3 is 0 Å². The molecule has 0 fully saturated rings. The third-order valence-electron chi connectivity index (χ3n) is 5.15. The number of rotatable bonds is 3. The standard InChI is InChI=1S/C24H26/c1-6-20-11-7-8-12-22(20)24-15-23(17(3)14-18(24)4)21-13-9-10-16(2)19(21)5/h7-15H,6H2,1-5H3. The smallest absolute Gasteiger partial charge is 0.0146 e. The number of benzene rings is 3. The topological polar surface area (TPSA) is 0 Å². The summed E-state index contributed by atoms with van der Waals surface area (Å²) in [5.74, 6) is 0. The largest absolute Gasteiger partial charge is 0.0620 e. The van der Waals surface area contributed by atoms with E-state index in [-0.39, 0.29) is 0 Å². The Balaban J connectivity index is 2.26. The van der Waals surface area contributed by atoms with Gasteiger partial charge in [-0.3, -0.25) is 0 Å². The van der Waals surface area contributed by atoms with Gasteiger partial charge in [-0.2, -0.15) is 0 Å². The minimum absolute atomic E-state index is 1.06. The van der Waals surface area contributed by atoms with Gasteiger partial charge in [0.25, 0.3) is 0 Å². The highest BCUT2D eigenvalue weighted by Crippen LogP contribution is 2.35. The van der Waals surface area contributed by atoms with Gasteiger partial charge in [0, 0.05) is 0 Å². The molecule has 3 aromatic rings. The quantitative estimate of drug-likeness (QED) is 0.497. The molecule has 0 atom stereocenters. The summed E-state index contributed by atoms with van der Waals surface area (Å²) in [6, 6.07) is 20.1. The van der Waals surface area contributed by atoms with Gasteiger partial charge in [0.05, 0.1) is 0 Å². The summed E-state index contributed by atoms with van der Waals surface area (Å²) in [4.78, 5) is 0. The number of aryl methyl sites for hydroxylation is 4. The Hall–Kier alpha value is -2.34. The van der Waals surface area contributed by atoms with Gasteiger partial charge in [0.15, 0.2) is 0 Å². The van der Waals surface area contributed by atoms with Crippen LogP contribution in [-0.2, 0) is 6.42 Å². The van der Waals surface area contributed by atoms with Crippen molar-refractivity contribution in [3.63, 3.8) is 0 Å². The molecule has 0 spiro atoms. The molecule has 3 rings (SSSR count). The summed E-state index contributed by atoms with van der Waals surface area (Å²) in [6.45, 7) is 11.1.